The number of nitrogens with zero attached hydrogens (tertiary/aromatic N) is 2. The fourth-order valence-corrected chi connectivity index (χ4v) is 3.67. The van der Waals surface area contributed by atoms with Crippen LogP contribution in [0.25, 0.3) is 22.0 Å². The van der Waals surface area contributed by atoms with Gasteiger partial charge in [-0.1, -0.05) is 56.3 Å². The van der Waals surface area contributed by atoms with E-state index >= 15 is 0 Å². The van der Waals surface area contributed by atoms with Gasteiger partial charge in [-0.25, -0.2) is 9.97 Å². The van der Waals surface area contributed by atoms with E-state index in [1.165, 1.54) is 0 Å². The van der Waals surface area contributed by atoms with Crippen LogP contribution < -0.4 is 14.8 Å². The van der Waals surface area contributed by atoms with Gasteiger partial charge in [-0.3, -0.25) is 0 Å². The molecule has 0 aliphatic heterocycles. The zero-order valence-corrected chi connectivity index (χ0v) is 19.5. The molecule has 1 heterocycles. The lowest BCUT2D eigenvalue weighted by molar-refractivity contribution is 0.269. The largest absolute Gasteiger partial charge is 0.490 e. The van der Waals surface area contributed by atoms with Crippen LogP contribution in [-0.4, -0.2) is 23.1 Å². The Kier molecular flexibility index (Phi) is 7.40. The number of ether oxygens (including phenoxy) is 2. The fourth-order valence-electron chi connectivity index (χ4n) is 3.67. The molecule has 0 amide bonds. The molecule has 4 rings (SSSR count). The number of benzene rings is 3. The molecule has 1 aromatic heterocycles. The van der Waals surface area contributed by atoms with Crippen molar-refractivity contribution >= 4 is 16.7 Å². The molecule has 170 valence electrons. The Morgan fingerprint density at radius 2 is 1.64 bits per heavy atom. The average molecular weight is 442 g/mol. The number of hydrogen-bond donors (Lipinski definition) is 1. The summed E-state index contributed by atoms with van der Waals surface area (Å²) in [5.41, 5.74) is 4.18. The Balaban J connectivity index is 1.63. The van der Waals surface area contributed by atoms with Gasteiger partial charge in [0, 0.05) is 11.9 Å². The van der Waals surface area contributed by atoms with Crippen molar-refractivity contribution in [2.75, 3.05) is 18.5 Å². The van der Waals surface area contributed by atoms with Crippen LogP contribution in [0.2, 0.25) is 0 Å². The first-order chi connectivity index (χ1) is 16.1. The third-order valence-corrected chi connectivity index (χ3v) is 5.46. The molecule has 0 atom stereocenters. The van der Waals surface area contributed by atoms with Gasteiger partial charge in [0.2, 0.25) is 0 Å². The zero-order chi connectivity index (χ0) is 23.0. The minimum absolute atomic E-state index is 0.486. The monoisotopic (exact) mass is 441 g/mol. The first-order valence-electron chi connectivity index (χ1n) is 11.6. The average Bonchev–Trinajstić information content (AvgIpc) is 2.84. The summed E-state index contributed by atoms with van der Waals surface area (Å²) in [4.78, 5) is 8.93. The van der Waals surface area contributed by atoms with Crippen molar-refractivity contribution in [2.45, 2.75) is 33.8 Å². The lowest BCUT2D eigenvalue weighted by Crippen LogP contribution is -2.06. The third kappa shape index (κ3) is 5.80. The van der Waals surface area contributed by atoms with Crippen LogP contribution in [0.3, 0.4) is 0 Å². The Morgan fingerprint density at radius 1 is 0.848 bits per heavy atom. The summed E-state index contributed by atoms with van der Waals surface area (Å²) < 4.78 is 12.0. The van der Waals surface area contributed by atoms with Crippen LogP contribution in [0.5, 0.6) is 11.5 Å². The highest BCUT2D eigenvalue weighted by atomic mass is 16.5. The van der Waals surface area contributed by atoms with Crippen LogP contribution in [0.1, 0.15) is 32.8 Å². The fraction of sp³-hybridized carbons (Fsp3) is 0.286. The predicted octanol–water partition coefficient (Wildman–Crippen LogP) is 6.73. The summed E-state index contributed by atoms with van der Waals surface area (Å²) in [5, 5.41) is 4.49. The van der Waals surface area contributed by atoms with Gasteiger partial charge >= 0.3 is 0 Å². The maximum absolute atomic E-state index is 6.16. The molecule has 5 heteroatoms. The van der Waals surface area contributed by atoms with Crippen LogP contribution in [0, 0.1) is 5.92 Å². The normalized spacial score (nSPS) is 11.0. The van der Waals surface area contributed by atoms with Crippen molar-refractivity contribution in [3.8, 4) is 22.6 Å². The van der Waals surface area contributed by atoms with Gasteiger partial charge in [0.1, 0.15) is 18.8 Å². The first-order valence-corrected chi connectivity index (χ1v) is 11.6. The summed E-state index contributed by atoms with van der Waals surface area (Å²) in [6, 6.07) is 22.5. The topological polar surface area (TPSA) is 56.3 Å². The smallest absolute Gasteiger partial charge is 0.162 e. The molecule has 0 fully saturated rings. The molecule has 0 aliphatic carbocycles. The molecule has 3 aromatic carbocycles. The number of aromatic nitrogens is 2. The molecular formula is C28H31N3O2. The van der Waals surface area contributed by atoms with Crippen LogP contribution >= 0.6 is 0 Å². The maximum Gasteiger partial charge on any atom is 0.162 e. The van der Waals surface area contributed by atoms with E-state index in [1.54, 1.807) is 6.33 Å². The van der Waals surface area contributed by atoms with E-state index in [1.807, 2.05) is 43.3 Å². The molecule has 1 N–H and O–H groups in total. The molecule has 0 aliphatic rings. The van der Waals surface area contributed by atoms with Gasteiger partial charge < -0.3 is 14.8 Å². The van der Waals surface area contributed by atoms with Crippen molar-refractivity contribution in [1.29, 1.82) is 0 Å². The highest BCUT2D eigenvalue weighted by Crippen LogP contribution is 2.35. The number of fused-ring (bicyclic) bond motifs is 1. The molecule has 0 unspecified atom stereocenters. The quantitative estimate of drug-likeness (QED) is 0.296. The third-order valence-electron chi connectivity index (χ3n) is 5.46. The summed E-state index contributed by atoms with van der Waals surface area (Å²) in [6.07, 6.45) is 2.71. The van der Waals surface area contributed by atoms with Crippen molar-refractivity contribution in [2.24, 2.45) is 5.92 Å². The van der Waals surface area contributed by atoms with E-state index in [9.17, 15) is 0 Å². The van der Waals surface area contributed by atoms with Gasteiger partial charge in [0.25, 0.3) is 0 Å². The van der Waals surface area contributed by atoms with E-state index in [0.29, 0.717) is 19.1 Å². The molecule has 0 bridgehead atoms. The highest BCUT2D eigenvalue weighted by Gasteiger charge is 2.11. The SMILES string of the molecule is CCOc1ccc(-c2ccc3ncnc(NCCC(C)C)c3c2)cc1OCc1ccccc1. The molecule has 33 heavy (non-hydrogen) atoms. The highest BCUT2D eigenvalue weighted by molar-refractivity contribution is 5.92. The molecule has 0 spiro atoms. The number of nitrogens with one attached hydrogen (secondary N) is 1. The van der Waals surface area contributed by atoms with Gasteiger partial charge in [0.15, 0.2) is 11.5 Å². The van der Waals surface area contributed by atoms with Gasteiger partial charge in [-0.15, -0.1) is 0 Å². The number of hydrogen-bond acceptors (Lipinski definition) is 5. The van der Waals surface area contributed by atoms with E-state index in [4.69, 9.17) is 9.47 Å². The lowest BCUT2D eigenvalue weighted by Gasteiger charge is -2.14. The van der Waals surface area contributed by atoms with Crippen LogP contribution in [-0.2, 0) is 6.61 Å². The van der Waals surface area contributed by atoms with Crippen LogP contribution in [0.15, 0.2) is 73.1 Å². The molecule has 0 saturated carbocycles. The van der Waals surface area contributed by atoms with Gasteiger partial charge in [0.05, 0.1) is 12.1 Å². The zero-order valence-electron chi connectivity index (χ0n) is 19.5. The van der Waals surface area contributed by atoms with Gasteiger partial charge in [-0.2, -0.15) is 0 Å². The molecule has 5 nitrogen and oxygen atoms in total. The Bertz CT molecular complexity index is 1190. The summed E-state index contributed by atoms with van der Waals surface area (Å²) in [5.74, 6) is 2.99. The second-order valence-electron chi connectivity index (χ2n) is 8.43. The first kappa shape index (κ1) is 22.6. The van der Waals surface area contributed by atoms with Crippen molar-refractivity contribution in [3.05, 3.63) is 78.6 Å². The molecular weight excluding hydrogens is 410 g/mol. The number of rotatable bonds is 10. The van der Waals surface area contributed by atoms with Crippen molar-refractivity contribution < 1.29 is 9.47 Å². The van der Waals surface area contributed by atoms with Crippen LogP contribution in [0.4, 0.5) is 5.82 Å². The van der Waals surface area contributed by atoms with E-state index in [-0.39, 0.29) is 0 Å². The molecule has 4 aromatic rings. The summed E-state index contributed by atoms with van der Waals surface area (Å²) in [6.45, 7) is 8.38. The van der Waals surface area contributed by atoms with E-state index in [2.05, 4.69) is 59.5 Å². The van der Waals surface area contributed by atoms with E-state index in [0.717, 1.165) is 57.9 Å². The Labute approximate surface area is 195 Å². The number of anilines is 1. The minimum Gasteiger partial charge on any atom is -0.490 e. The van der Waals surface area contributed by atoms with Crippen molar-refractivity contribution in [1.82, 2.24) is 9.97 Å². The minimum atomic E-state index is 0.486. The lowest BCUT2D eigenvalue weighted by atomic mass is 10.0. The van der Waals surface area contributed by atoms with Gasteiger partial charge in [-0.05, 0) is 60.2 Å². The summed E-state index contributed by atoms with van der Waals surface area (Å²) >= 11 is 0. The summed E-state index contributed by atoms with van der Waals surface area (Å²) in [7, 11) is 0. The molecule has 0 radical (unpaired) electrons. The predicted molar refractivity (Wildman–Crippen MR) is 135 cm³/mol. The molecule has 0 saturated heterocycles. The van der Waals surface area contributed by atoms with Crippen molar-refractivity contribution in [3.63, 3.8) is 0 Å². The maximum atomic E-state index is 6.16. The Morgan fingerprint density at radius 3 is 2.42 bits per heavy atom. The second-order valence-corrected chi connectivity index (χ2v) is 8.43. The second kappa shape index (κ2) is 10.8. The van der Waals surface area contributed by atoms with E-state index < -0.39 is 0 Å². The Hall–Kier alpha value is -3.60. The standard InChI is InChI=1S/C28H31N3O2/c1-4-32-26-13-11-23(17-27(26)33-18-21-8-6-5-7-9-21)22-10-12-25-24(16-22)28(31-19-30-25)29-15-14-20(2)3/h5-13,16-17,19-20H,4,14-15,18H2,1-3H3,(H,29,30,31).